The van der Waals surface area contributed by atoms with Gasteiger partial charge < -0.3 is 24.8 Å². The number of rotatable bonds is 16. The van der Waals surface area contributed by atoms with Gasteiger partial charge in [-0.2, -0.15) is 0 Å². The molecule has 0 spiro atoms. The SMILES string of the molecule is Cc1cc(B(O)c2cccc(CC(OC(Cc3cccc(B(O)c4ccc(Cl)c(C)c4)c3)c3ccccc3B(O)c3ccc(Cl)c(C)c3)c3ccccc3B(O)c3ccc(Cl)c(C)c3)c2)ccc1Cl. The molecule has 0 bridgehead atoms. The van der Waals surface area contributed by atoms with Gasteiger partial charge in [-0.3, -0.25) is 0 Å². The summed E-state index contributed by atoms with van der Waals surface area (Å²) in [6.07, 6.45) is -0.687. The van der Waals surface area contributed by atoms with Gasteiger partial charge in [0.2, 0.25) is 0 Å². The van der Waals surface area contributed by atoms with Crippen LogP contribution in [-0.4, -0.2) is 47.8 Å². The Morgan fingerprint density at radius 3 is 1.00 bits per heavy atom. The maximum Gasteiger partial charge on any atom is 0.359 e. The van der Waals surface area contributed by atoms with Crippen molar-refractivity contribution in [2.75, 3.05) is 0 Å². The molecular weight excluding hydrogens is 938 g/mol. The lowest BCUT2D eigenvalue weighted by Crippen LogP contribution is -2.46. The molecule has 2 unspecified atom stereocenters. The topological polar surface area (TPSA) is 90.2 Å². The Morgan fingerprint density at radius 1 is 0.362 bits per heavy atom. The third kappa shape index (κ3) is 11.8. The molecule has 0 aliphatic rings. The van der Waals surface area contributed by atoms with Crippen LogP contribution in [0.15, 0.2) is 170 Å². The summed E-state index contributed by atoms with van der Waals surface area (Å²) in [6.45, 7) is 3.76. The minimum atomic E-state index is -1.03. The van der Waals surface area contributed by atoms with E-state index in [9.17, 15) is 20.1 Å². The fourth-order valence-electron chi connectivity index (χ4n) is 9.07. The average Bonchev–Trinajstić information content (AvgIpc) is 3.36. The molecule has 8 aromatic carbocycles. The molecule has 0 amide bonds. The fraction of sp³-hybridized carbons (Fsp3) is 0.143. The molecule has 8 aromatic rings. The molecule has 5 nitrogen and oxygen atoms in total. The van der Waals surface area contributed by atoms with E-state index in [0.717, 1.165) is 55.4 Å². The zero-order valence-corrected chi connectivity index (χ0v) is 41.8. The first kappa shape index (κ1) is 50.4. The van der Waals surface area contributed by atoms with Crippen molar-refractivity contribution in [3.8, 4) is 0 Å². The van der Waals surface area contributed by atoms with E-state index in [4.69, 9.17) is 51.1 Å². The Balaban J connectivity index is 1.26. The molecule has 0 fully saturated rings. The van der Waals surface area contributed by atoms with E-state index >= 15 is 0 Å². The van der Waals surface area contributed by atoms with E-state index in [1.807, 2.05) is 173 Å². The van der Waals surface area contributed by atoms with E-state index in [1.165, 1.54) is 0 Å². The molecule has 0 saturated carbocycles. The molecule has 0 radical (unpaired) electrons. The van der Waals surface area contributed by atoms with Gasteiger partial charge in [-0.15, -0.1) is 0 Å². The summed E-state index contributed by atoms with van der Waals surface area (Å²) in [6, 6.07) is 53.3. The lowest BCUT2D eigenvalue weighted by atomic mass is 9.53. The maximum atomic E-state index is 12.3. The summed E-state index contributed by atoms with van der Waals surface area (Å²) in [4.78, 5) is 0. The van der Waals surface area contributed by atoms with Crippen molar-refractivity contribution in [2.45, 2.75) is 52.7 Å². The normalized spacial score (nSPS) is 12.1. The number of aryl methyl sites for hydroxylation is 4. The third-order valence-corrected chi connectivity index (χ3v) is 14.7. The van der Waals surface area contributed by atoms with Crippen LogP contribution in [0.1, 0.15) is 56.7 Å². The molecule has 8 rings (SSSR count). The molecule has 13 heteroatoms. The van der Waals surface area contributed by atoms with Gasteiger partial charge in [0.1, 0.15) is 0 Å². The molecule has 69 heavy (non-hydrogen) atoms. The van der Waals surface area contributed by atoms with Gasteiger partial charge in [-0.05, 0) is 140 Å². The number of hydrogen-bond donors (Lipinski definition) is 4. The Bertz CT molecular complexity index is 2910. The second-order valence-corrected chi connectivity index (χ2v) is 19.5. The molecule has 0 saturated heterocycles. The smallest absolute Gasteiger partial charge is 0.359 e. The first-order chi connectivity index (χ1) is 33.1. The summed E-state index contributed by atoms with van der Waals surface area (Å²) in [7, 11) is 0. The number of ether oxygens (including phenoxy) is 1. The summed E-state index contributed by atoms with van der Waals surface area (Å²) in [5.74, 6) is 0. The van der Waals surface area contributed by atoms with Gasteiger partial charge in [-0.25, -0.2) is 0 Å². The molecule has 344 valence electrons. The Labute approximate surface area is 427 Å². The van der Waals surface area contributed by atoms with Crippen LogP contribution in [-0.2, 0) is 17.6 Å². The highest BCUT2D eigenvalue weighted by atomic mass is 35.5. The van der Waals surface area contributed by atoms with E-state index in [2.05, 4.69) is 0 Å². The predicted molar refractivity (Wildman–Crippen MR) is 293 cm³/mol. The zero-order chi connectivity index (χ0) is 48.9. The summed E-state index contributed by atoms with van der Waals surface area (Å²) in [5, 5.41) is 50.4. The molecule has 4 N–H and O–H groups in total. The van der Waals surface area contributed by atoms with Crippen LogP contribution in [0.4, 0.5) is 0 Å². The van der Waals surface area contributed by atoms with Crippen molar-refractivity contribution in [3.05, 3.63) is 234 Å². The zero-order valence-electron chi connectivity index (χ0n) is 38.8. The second kappa shape index (κ2) is 22.4. The van der Waals surface area contributed by atoms with Gasteiger partial charge in [0.15, 0.2) is 0 Å². The van der Waals surface area contributed by atoms with Crippen molar-refractivity contribution < 1.29 is 24.8 Å². The summed E-state index contributed by atoms with van der Waals surface area (Å²) in [5.41, 5.74) is 12.2. The highest BCUT2D eigenvalue weighted by Gasteiger charge is 2.32. The molecule has 2 atom stereocenters. The first-order valence-electron chi connectivity index (χ1n) is 22.9. The number of halogens is 4. The average molecular weight is 988 g/mol. The number of benzene rings is 8. The van der Waals surface area contributed by atoms with Crippen LogP contribution in [0.2, 0.25) is 20.1 Å². The molecule has 0 aliphatic carbocycles. The van der Waals surface area contributed by atoms with Crippen molar-refractivity contribution in [1.29, 1.82) is 0 Å². The van der Waals surface area contributed by atoms with Crippen LogP contribution >= 0.6 is 46.4 Å². The lowest BCUT2D eigenvalue weighted by molar-refractivity contribution is -0.0139. The van der Waals surface area contributed by atoms with E-state index < -0.39 is 39.9 Å². The van der Waals surface area contributed by atoms with E-state index in [-0.39, 0.29) is 0 Å². The Hall–Kier alpha value is -5.02. The van der Waals surface area contributed by atoms with Crippen LogP contribution < -0.4 is 43.7 Å². The van der Waals surface area contributed by atoms with Gasteiger partial charge in [-0.1, -0.05) is 192 Å². The minimum Gasteiger partial charge on any atom is -0.443 e. The quantitative estimate of drug-likeness (QED) is 0.0770. The largest absolute Gasteiger partial charge is 0.443 e. The second-order valence-electron chi connectivity index (χ2n) is 17.9. The Morgan fingerprint density at radius 2 is 0.667 bits per heavy atom. The minimum absolute atomic E-state index is 0.343. The molecule has 0 aromatic heterocycles. The maximum absolute atomic E-state index is 12.3. The van der Waals surface area contributed by atoms with Gasteiger partial charge in [0.25, 0.3) is 0 Å². The number of hydrogen-bond acceptors (Lipinski definition) is 5. The van der Waals surface area contributed by atoms with E-state index in [1.54, 1.807) is 24.3 Å². The van der Waals surface area contributed by atoms with Crippen molar-refractivity contribution in [3.63, 3.8) is 0 Å². The highest BCUT2D eigenvalue weighted by molar-refractivity contribution is 6.80. The fourth-order valence-corrected chi connectivity index (χ4v) is 9.54. The Kier molecular flexibility index (Phi) is 16.3. The highest BCUT2D eigenvalue weighted by Crippen LogP contribution is 2.32. The van der Waals surface area contributed by atoms with Gasteiger partial charge >= 0.3 is 27.7 Å². The van der Waals surface area contributed by atoms with E-state index in [0.29, 0.717) is 65.7 Å². The monoisotopic (exact) mass is 986 g/mol. The van der Waals surface area contributed by atoms with Crippen LogP contribution in [0.25, 0.3) is 0 Å². The van der Waals surface area contributed by atoms with Crippen LogP contribution in [0, 0.1) is 27.7 Å². The molecular formula is C56H50B4Cl4O5. The molecule has 0 heterocycles. The van der Waals surface area contributed by atoms with Crippen LogP contribution in [0.5, 0.6) is 0 Å². The third-order valence-electron chi connectivity index (χ3n) is 13.0. The molecule has 0 aliphatic heterocycles. The van der Waals surface area contributed by atoms with Crippen molar-refractivity contribution in [2.24, 2.45) is 0 Å². The summed E-state index contributed by atoms with van der Waals surface area (Å²) < 4.78 is 7.58. The predicted octanol–water partition coefficient (Wildman–Crippen LogP) is 7.21. The van der Waals surface area contributed by atoms with Gasteiger partial charge in [0, 0.05) is 32.9 Å². The van der Waals surface area contributed by atoms with Crippen molar-refractivity contribution >= 4 is 118 Å². The van der Waals surface area contributed by atoms with Crippen molar-refractivity contribution in [1.82, 2.24) is 0 Å². The lowest BCUT2D eigenvalue weighted by Gasteiger charge is -2.30. The standard InChI is InChI=1S/C56H50B4Cl4O5/c1-35-27-43(19-23-51(35)61)57(65)41-13-9-11-39(31-41)33-55(47-15-5-7-17-49(47)59(67)45-21-25-53(63)37(3)29-45)69-56(48-16-6-8-18-50(48)60(68)46-22-26-54(64)38(4)30-46)34-40-12-10-14-42(32-40)58(66)44-20-24-52(62)36(2)28-44/h5-32,55-56,65-68H,33-34H2,1-4H3. The van der Waals surface area contributed by atoms with Gasteiger partial charge in [0.05, 0.1) is 12.2 Å². The first-order valence-corrected chi connectivity index (χ1v) is 24.4. The van der Waals surface area contributed by atoms with Crippen LogP contribution in [0.3, 0.4) is 0 Å². The summed E-state index contributed by atoms with van der Waals surface area (Å²) >= 11 is 25.7.